The predicted molar refractivity (Wildman–Crippen MR) is 123 cm³/mol. The molecule has 0 bridgehead atoms. The predicted octanol–water partition coefficient (Wildman–Crippen LogP) is 6.03. The van der Waals surface area contributed by atoms with Gasteiger partial charge in [-0.15, -0.1) is 0 Å². The largest absolute Gasteiger partial charge is 0.325 e. The summed E-state index contributed by atoms with van der Waals surface area (Å²) >= 11 is 0. The summed E-state index contributed by atoms with van der Waals surface area (Å²) in [6.45, 7) is 6.33. The number of anilines is 1. The van der Waals surface area contributed by atoms with Gasteiger partial charge in [0.05, 0.1) is 5.92 Å². The van der Waals surface area contributed by atoms with Crippen LogP contribution in [0.15, 0.2) is 72.8 Å². The van der Waals surface area contributed by atoms with Crippen LogP contribution in [-0.2, 0) is 17.6 Å². The first kappa shape index (κ1) is 21.5. The molecule has 1 unspecified atom stereocenters. The summed E-state index contributed by atoms with van der Waals surface area (Å²) in [5.74, 6) is 0.313. The van der Waals surface area contributed by atoms with Crippen LogP contribution < -0.4 is 5.32 Å². The summed E-state index contributed by atoms with van der Waals surface area (Å²) in [7, 11) is 0. The van der Waals surface area contributed by atoms with Crippen LogP contribution in [-0.4, -0.2) is 12.2 Å². The van der Waals surface area contributed by atoms with Crippen molar-refractivity contribution < 1.29 is 9.59 Å². The Morgan fingerprint density at radius 2 is 1.50 bits per heavy atom. The average Bonchev–Trinajstić information content (AvgIpc) is 2.75. The number of rotatable bonds is 8. The second-order valence-corrected chi connectivity index (χ2v) is 8.20. The molecule has 0 saturated carbocycles. The van der Waals surface area contributed by atoms with Gasteiger partial charge in [0.25, 0.3) is 0 Å². The van der Waals surface area contributed by atoms with E-state index in [9.17, 15) is 9.59 Å². The Morgan fingerprint density at radius 1 is 0.867 bits per heavy atom. The van der Waals surface area contributed by atoms with E-state index < -0.39 is 0 Å². The van der Waals surface area contributed by atoms with Crippen molar-refractivity contribution in [2.75, 3.05) is 5.32 Å². The van der Waals surface area contributed by atoms with Gasteiger partial charge in [0.2, 0.25) is 5.91 Å². The zero-order chi connectivity index (χ0) is 21.5. The third-order valence-electron chi connectivity index (χ3n) is 5.36. The molecule has 3 aromatic carbocycles. The zero-order valence-corrected chi connectivity index (χ0v) is 17.9. The van der Waals surface area contributed by atoms with Crippen molar-refractivity contribution in [2.24, 2.45) is 5.92 Å². The minimum absolute atomic E-state index is 0.0391. The molecule has 0 aliphatic rings. The third-order valence-corrected chi connectivity index (χ3v) is 5.36. The molecule has 1 N–H and O–H groups in total. The van der Waals surface area contributed by atoms with Crippen LogP contribution in [0, 0.1) is 5.92 Å². The Hall–Kier alpha value is -3.20. The first-order valence-electron chi connectivity index (χ1n) is 10.5. The summed E-state index contributed by atoms with van der Waals surface area (Å²) in [5.41, 5.74) is 5.69. The van der Waals surface area contributed by atoms with E-state index in [1.165, 1.54) is 5.56 Å². The number of aldehydes is 1. The zero-order valence-electron chi connectivity index (χ0n) is 17.9. The van der Waals surface area contributed by atoms with E-state index >= 15 is 0 Å². The fourth-order valence-electron chi connectivity index (χ4n) is 3.62. The molecule has 3 aromatic rings. The number of para-hydroxylation sites is 1. The van der Waals surface area contributed by atoms with Gasteiger partial charge in [-0.25, -0.2) is 0 Å². The molecule has 30 heavy (non-hydrogen) atoms. The molecule has 0 radical (unpaired) electrons. The molecule has 1 atom stereocenters. The highest BCUT2D eigenvalue weighted by atomic mass is 16.1. The van der Waals surface area contributed by atoms with Crippen molar-refractivity contribution in [1.29, 1.82) is 0 Å². The lowest BCUT2D eigenvalue weighted by Gasteiger charge is -2.16. The van der Waals surface area contributed by atoms with Gasteiger partial charge >= 0.3 is 0 Å². The molecule has 0 aromatic heterocycles. The highest BCUT2D eigenvalue weighted by Gasteiger charge is 2.17. The first-order chi connectivity index (χ1) is 14.5. The summed E-state index contributed by atoms with van der Waals surface area (Å²) in [6.07, 6.45) is 2.50. The number of carbonyl (C=O) groups excluding carboxylic acids is 2. The molecule has 1 amide bonds. The van der Waals surface area contributed by atoms with Crippen LogP contribution in [0.2, 0.25) is 0 Å². The quantitative estimate of drug-likeness (QED) is 0.470. The van der Waals surface area contributed by atoms with Crippen molar-refractivity contribution in [3.05, 3.63) is 101 Å². The first-order valence-corrected chi connectivity index (χ1v) is 10.5. The van der Waals surface area contributed by atoms with Crippen LogP contribution >= 0.6 is 0 Å². The van der Waals surface area contributed by atoms with Gasteiger partial charge in [0.15, 0.2) is 0 Å². The minimum atomic E-state index is -0.256. The number of hydrogen-bond donors (Lipinski definition) is 1. The third kappa shape index (κ3) is 5.44. The molecular formula is C27H29NO2. The summed E-state index contributed by atoms with van der Waals surface area (Å²) in [4.78, 5) is 24.3. The topological polar surface area (TPSA) is 46.2 Å². The van der Waals surface area contributed by atoms with Gasteiger partial charge in [-0.05, 0) is 47.6 Å². The lowest BCUT2D eigenvalue weighted by Crippen LogP contribution is -2.19. The monoisotopic (exact) mass is 399 g/mol. The average molecular weight is 400 g/mol. The number of carbonyl (C=O) groups is 2. The van der Waals surface area contributed by atoms with E-state index in [-0.39, 0.29) is 11.8 Å². The van der Waals surface area contributed by atoms with Crippen molar-refractivity contribution >= 4 is 17.9 Å². The summed E-state index contributed by atoms with van der Waals surface area (Å²) in [6, 6.07) is 23.6. The normalized spacial score (nSPS) is 11.9. The van der Waals surface area contributed by atoms with E-state index in [1.807, 2.05) is 67.6 Å². The molecule has 0 fully saturated rings. The Balaban J connectivity index is 1.74. The van der Waals surface area contributed by atoms with Gasteiger partial charge < -0.3 is 5.32 Å². The summed E-state index contributed by atoms with van der Waals surface area (Å²) in [5, 5.41) is 3.09. The molecule has 0 saturated heterocycles. The van der Waals surface area contributed by atoms with Crippen molar-refractivity contribution in [3.8, 4) is 0 Å². The molecule has 0 spiro atoms. The lowest BCUT2D eigenvalue weighted by atomic mass is 9.95. The van der Waals surface area contributed by atoms with Gasteiger partial charge in [-0.3, -0.25) is 9.59 Å². The van der Waals surface area contributed by atoms with Crippen LogP contribution in [0.25, 0.3) is 0 Å². The molecule has 154 valence electrons. The SMILES string of the molecule is CC(C)Cc1ccc(C(C)C(=O)Nc2ccccc2Cc2ccccc2C=O)cc1. The number of nitrogens with one attached hydrogen (secondary N) is 1. The van der Waals surface area contributed by atoms with E-state index in [1.54, 1.807) is 0 Å². The maximum atomic E-state index is 12.9. The van der Waals surface area contributed by atoms with Crippen molar-refractivity contribution in [1.82, 2.24) is 0 Å². The van der Waals surface area contributed by atoms with Crippen LogP contribution in [0.3, 0.4) is 0 Å². The Labute approximate surface area is 179 Å². The van der Waals surface area contributed by atoms with E-state index in [4.69, 9.17) is 0 Å². The van der Waals surface area contributed by atoms with Gasteiger partial charge in [-0.1, -0.05) is 80.6 Å². The molecule has 0 aliphatic carbocycles. The molecular weight excluding hydrogens is 370 g/mol. The van der Waals surface area contributed by atoms with Crippen molar-refractivity contribution in [3.63, 3.8) is 0 Å². The number of amides is 1. The maximum Gasteiger partial charge on any atom is 0.231 e. The molecule has 3 heteroatoms. The highest BCUT2D eigenvalue weighted by Crippen LogP contribution is 2.24. The Bertz CT molecular complexity index is 1010. The fourth-order valence-corrected chi connectivity index (χ4v) is 3.62. The fraction of sp³-hybridized carbons (Fsp3) is 0.259. The summed E-state index contributed by atoms with van der Waals surface area (Å²) < 4.78 is 0. The Kier molecular flexibility index (Phi) is 7.18. The van der Waals surface area contributed by atoms with Crippen molar-refractivity contribution in [2.45, 2.75) is 39.5 Å². The smallest absolute Gasteiger partial charge is 0.231 e. The number of hydrogen-bond acceptors (Lipinski definition) is 2. The second-order valence-electron chi connectivity index (χ2n) is 8.20. The van der Waals surface area contributed by atoms with Crippen LogP contribution in [0.4, 0.5) is 5.69 Å². The second kappa shape index (κ2) is 10.0. The molecule has 3 rings (SSSR count). The van der Waals surface area contributed by atoms with Gasteiger partial charge in [0, 0.05) is 17.7 Å². The van der Waals surface area contributed by atoms with E-state index in [2.05, 4.69) is 31.3 Å². The molecule has 0 aliphatic heterocycles. The minimum Gasteiger partial charge on any atom is -0.325 e. The van der Waals surface area contributed by atoms with E-state index in [0.717, 1.165) is 35.1 Å². The van der Waals surface area contributed by atoms with Crippen LogP contribution in [0.1, 0.15) is 59.3 Å². The number of benzene rings is 3. The molecule has 0 heterocycles. The molecule has 3 nitrogen and oxygen atoms in total. The lowest BCUT2D eigenvalue weighted by molar-refractivity contribution is -0.117. The Morgan fingerprint density at radius 3 is 2.17 bits per heavy atom. The maximum absolute atomic E-state index is 12.9. The van der Waals surface area contributed by atoms with Gasteiger partial charge in [-0.2, -0.15) is 0 Å². The van der Waals surface area contributed by atoms with E-state index in [0.29, 0.717) is 17.9 Å². The highest BCUT2D eigenvalue weighted by molar-refractivity contribution is 5.96. The standard InChI is InChI=1S/C27H29NO2/c1-19(2)16-21-12-14-22(15-13-21)20(3)27(30)28-26-11-7-6-9-24(26)17-23-8-4-5-10-25(23)18-29/h4-15,18-20H,16-17H2,1-3H3,(H,28,30). The van der Waals surface area contributed by atoms with Crippen LogP contribution in [0.5, 0.6) is 0 Å². The van der Waals surface area contributed by atoms with Gasteiger partial charge in [0.1, 0.15) is 6.29 Å².